The van der Waals surface area contributed by atoms with Crippen LogP contribution in [0, 0.1) is 5.92 Å². The maximum Gasteiger partial charge on any atom is 0.509 e. The summed E-state index contributed by atoms with van der Waals surface area (Å²) in [6.45, 7) is 4.22. The number of hydrogen-bond donors (Lipinski definition) is 0. The van der Waals surface area contributed by atoms with Crippen LogP contribution in [0.5, 0.6) is 0 Å². The number of quaternary nitrogens is 1. The number of rotatable bonds is 4. The molecule has 3 aromatic rings. The van der Waals surface area contributed by atoms with Crippen molar-refractivity contribution in [3.8, 4) is 11.1 Å². The lowest BCUT2D eigenvalue weighted by atomic mass is 9.83. The monoisotopic (exact) mass is 505 g/mol. The molecule has 3 aromatic carbocycles. The molecular weight excluding hydrogens is 478 g/mol. The standard InChI is InChI=1S/C28H28NO3.BrH/c30-28(32-27-24-12-6-4-10-22(24)23-11-5-7-13-25(23)27)31-26-19-29(16-14-21(26)15-17-29)18-20-8-2-1-3-9-20;/h1-13,21,26-27H,14-19H2;1H/q+1;/p-1/t21?,26-,29?;/m0./s1. The number of fused-ring (bicyclic) bond motifs is 6. The van der Waals surface area contributed by atoms with E-state index in [0.717, 1.165) is 65.8 Å². The fraction of sp³-hybridized carbons (Fsp3) is 0.321. The van der Waals surface area contributed by atoms with Gasteiger partial charge in [-0.2, -0.15) is 0 Å². The summed E-state index contributed by atoms with van der Waals surface area (Å²) in [5.74, 6) is 0.446. The molecule has 0 unspecified atom stereocenters. The summed E-state index contributed by atoms with van der Waals surface area (Å²) in [5.41, 5.74) is 5.69. The number of benzene rings is 3. The van der Waals surface area contributed by atoms with Crippen molar-refractivity contribution < 1.29 is 35.7 Å². The zero-order chi connectivity index (χ0) is 21.5. The molecule has 170 valence electrons. The topological polar surface area (TPSA) is 35.5 Å². The highest BCUT2D eigenvalue weighted by Crippen LogP contribution is 2.45. The smallest absolute Gasteiger partial charge is 0.509 e. The second-order valence-corrected chi connectivity index (χ2v) is 9.53. The molecule has 3 fully saturated rings. The third-order valence-corrected chi connectivity index (χ3v) is 7.64. The van der Waals surface area contributed by atoms with Gasteiger partial charge in [0, 0.05) is 35.4 Å². The van der Waals surface area contributed by atoms with E-state index in [1.165, 1.54) is 5.56 Å². The minimum atomic E-state index is -0.543. The van der Waals surface area contributed by atoms with Crippen molar-refractivity contribution >= 4 is 6.16 Å². The maximum absolute atomic E-state index is 13.0. The normalized spacial score (nSPS) is 25.0. The van der Waals surface area contributed by atoms with Gasteiger partial charge in [-0.1, -0.05) is 78.9 Å². The Morgan fingerprint density at radius 3 is 2.00 bits per heavy atom. The average Bonchev–Trinajstić information content (AvgIpc) is 3.14. The quantitative estimate of drug-likeness (QED) is 0.404. The van der Waals surface area contributed by atoms with Gasteiger partial charge in [0.1, 0.15) is 13.1 Å². The molecule has 2 bridgehead atoms. The van der Waals surface area contributed by atoms with Gasteiger partial charge in [0.2, 0.25) is 0 Å². The van der Waals surface area contributed by atoms with Gasteiger partial charge in [-0.15, -0.1) is 0 Å². The van der Waals surface area contributed by atoms with E-state index in [0.29, 0.717) is 5.92 Å². The molecule has 0 spiro atoms. The molecule has 0 aromatic heterocycles. The van der Waals surface area contributed by atoms with E-state index in [1.54, 1.807) is 0 Å². The van der Waals surface area contributed by atoms with Crippen LogP contribution in [0.3, 0.4) is 0 Å². The lowest BCUT2D eigenvalue weighted by Crippen LogP contribution is -3.00. The molecule has 3 heterocycles. The predicted octanol–water partition coefficient (Wildman–Crippen LogP) is 2.72. The Kier molecular flexibility index (Phi) is 6.02. The van der Waals surface area contributed by atoms with Gasteiger partial charge in [-0.05, 0) is 11.1 Å². The number of carbonyl (C=O) groups excluding carboxylic acids is 1. The Balaban J connectivity index is 0.00000228. The largest absolute Gasteiger partial charge is 1.00 e. The second kappa shape index (κ2) is 8.96. The lowest BCUT2D eigenvalue weighted by Gasteiger charge is -2.51. The van der Waals surface area contributed by atoms with Gasteiger partial charge < -0.3 is 30.9 Å². The van der Waals surface area contributed by atoms with Crippen LogP contribution in [0.15, 0.2) is 78.9 Å². The van der Waals surface area contributed by atoms with Gasteiger partial charge >= 0.3 is 6.16 Å². The van der Waals surface area contributed by atoms with Gasteiger partial charge in [-0.3, -0.25) is 0 Å². The Hall–Kier alpha value is -2.63. The van der Waals surface area contributed by atoms with Crippen molar-refractivity contribution in [1.29, 1.82) is 0 Å². The Morgan fingerprint density at radius 2 is 1.36 bits per heavy atom. The summed E-state index contributed by atoms with van der Waals surface area (Å²) in [6.07, 6.45) is 1.21. The van der Waals surface area contributed by atoms with Crippen LogP contribution < -0.4 is 17.0 Å². The molecule has 4 nitrogen and oxygen atoms in total. The fourth-order valence-electron chi connectivity index (χ4n) is 6.03. The van der Waals surface area contributed by atoms with Crippen molar-refractivity contribution in [1.82, 2.24) is 0 Å². The third kappa shape index (κ3) is 4.09. The van der Waals surface area contributed by atoms with Crippen LogP contribution in [-0.2, 0) is 16.0 Å². The number of hydrogen-bond acceptors (Lipinski definition) is 3. The first kappa shape index (κ1) is 22.2. The Morgan fingerprint density at radius 1 is 0.788 bits per heavy atom. The van der Waals surface area contributed by atoms with E-state index in [9.17, 15) is 4.79 Å². The number of nitrogens with zero attached hydrogens (tertiary/aromatic N) is 1. The SMILES string of the molecule is O=C(OC1c2ccccc2-c2ccccc21)O[C@H]1C[N+]2(Cc3ccccc3)CCC1CC2.[Br-]. The summed E-state index contributed by atoms with van der Waals surface area (Å²) in [7, 11) is 0. The van der Waals surface area contributed by atoms with E-state index in [4.69, 9.17) is 9.47 Å². The molecule has 3 aliphatic heterocycles. The molecule has 1 atom stereocenters. The van der Waals surface area contributed by atoms with Gasteiger partial charge in [0.05, 0.1) is 13.1 Å². The highest BCUT2D eigenvalue weighted by atomic mass is 79.9. The first-order chi connectivity index (χ1) is 15.7. The van der Waals surface area contributed by atoms with Gasteiger partial charge in [0.15, 0.2) is 12.2 Å². The van der Waals surface area contributed by atoms with Crippen molar-refractivity contribution in [2.75, 3.05) is 19.6 Å². The summed E-state index contributed by atoms with van der Waals surface area (Å²) in [5, 5.41) is 0. The molecule has 0 N–H and O–H groups in total. The summed E-state index contributed by atoms with van der Waals surface area (Å²) in [4.78, 5) is 13.0. The highest BCUT2D eigenvalue weighted by molar-refractivity contribution is 5.79. The molecule has 3 saturated heterocycles. The van der Waals surface area contributed by atoms with E-state index in [-0.39, 0.29) is 23.1 Å². The average molecular weight is 506 g/mol. The van der Waals surface area contributed by atoms with Crippen molar-refractivity contribution in [2.45, 2.75) is 31.6 Å². The van der Waals surface area contributed by atoms with Crippen LogP contribution in [0.2, 0.25) is 0 Å². The van der Waals surface area contributed by atoms with Crippen LogP contribution in [0.25, 0.3) is 11.1 Å². The first-order valence-electron chi connectivity index (χ1n) is 11.7. The Labute approximate surface area is 205 Å². The number of ether oxygens (including phenoxy) is 2. The van der Waals surface area contributed by atoms with E-state index in [2.05, 4.69) is 42.5 Å². The fourth-order valence-corrected chi connectivity index (χ4v) is 6.03. The van der Waals surface area contributed by atoms with E-state index in [1.807, 2.05) is 36.4 Å². The molecular formula is C28H28BrNO3. The van der Waals surface area contributed by atoms with Crippen molar-refractivity contribution in [3.63, 3.8) is 0 Å². The van der Waals surface area contributed by atoms with Crippen LogP contribution in [0.1, 0.15) is 35.6 Å². The molecule has 0 saturated carbocycles. The van der Waals surface area contributed by atoms with Gasteiger partial charge in [0.25, 0.3) is 0 Å². The summed E-state index contributed by atoms with van der Waals surface area (Å²) < 4.78 is 13.0. The third-order valence-electron chi connectivity index (χ3n) is 7.64. The van der Waals surface area contributed by atoms with E-state index >= 15 is 0 Å². The first-order valence-corrected chi connectivity index (χ1v) is 11.7. The summed E-state index contributed by atoms with van der Waals surface area (Å²) >= 11 is 0. The van der Waals surface area contributed by atoms with Gasteiger partial charge in [-0.25, -0.2) is 4.79 Å². The van der Waals surface area contributed by atoms with Crippen molar-refractivity contribution in [3.05, 3.63) is 95.6 Å². The number of halogens is 1. The molecule has 7 rings (SSSR count). The highest BCUT2D eigenvalue weighted by Gasteiger charge is 2.48. The van der Waals surface area contributed by atoms with Crippen LogP contribution >= 0.6 is 0 Å². The summed E-state index contributed by atoms with van der Waals surface area (Å²) in [6, 6.07) is 27.0. The maximum atomic E-state index is 13.0. The van der Waals surface area contributed by atoms with Crippen molar-refractivity contribution in [2.24, 2.45) is 5.92 Å². The predicted molar refractivity (Wildman–Crippen MR) is 123 cm³/mol. The lowest BCUT2D eigenvalue weighted by molar-refractivity contribution is -0.958. The Bertz CT molecular complexity index is 1100. The van der Waals surface area contributed by atoms with Crippen LogP contribution in [-0.4, -0.2) is 36.4 Å². The minimum Gasteiger partial charge on any atom is -1.00 e. The zero-order valence-electron chi connectivity index (χ0n) is 18.5. The second-order valence-electron chi connectivity index (χ2n) is 9.53. The number of carbonyl (C=O) groups is 1. The molecule has 4 aliphatic rings. The molecule has 33 heavy (non-hydrogen) atoms. The zero-order valence-corrected chi connectivity index (χ0v) is 20.1. The minimum absolute atomic E-state index is 0. The molecule has 5 heteroatoms. The number of piperidine rings is 3. The molecule has 0 radical (unpaired) electrons. The molecule has 1 aliphatic carbocycles. The van der Waals surface area contributed by atoms with Crippen LogP contribution in [0.4, 0.5) is 4.79 Å². The molecule has 0 amide bonds. The van der Waals surface area contributed by atoms with E-state index < -0.39 is 12.3 Å².